The van der Waals surface area contributed by atoms with Crippen molar-refractivity contribution in [1.29, 1.82) is 5.26 Å². The highest BCUT2D eigenvalue weighted by atomic mass is 35.5. The number of rotatable bonds is 3. The first-order chi connectivity index (χ1) is 6.63. The number of nitrogens with zero attached hydrogens (tertiary/aromatic N) is 1. The smallest absolute Gasteiger partial charge is 0.265 e. The van der Waals surface area contributed by atoms with E-state index in [2.05, 4.69) is 10.3 Å². The van der Waals surface area contributed by atoms with Crippen molar-refractivity contribution in [1.82, 2.24) is 5.32 Å². The van der Waals surface area contributed by atoms with Crippen LogP contribution in [0.3, 0.4) is 0 Å². The second-order valence-electron chi connectivity index (χ2n) is 3.53. The third kappa shape index (κ3) is 4.17. The van der Waals surface area contributed by atoms with Crippen molar-refractivity contribution < 1.29 is 22.2 Å². The second kappa shape index (κ2) is 6.25. The molecule has 0 spiro atoms. The Morgan fingerprint density at radius 2 is 2.53 bits per heavy atom. The van der Waals surface area contributed by atoms with Gasteiger partial charge in [0, 0.05) is 12.5 Å². The molecular formula is C9H15ClN4O. The summed E-state index contributed by atoms with van der Waals surface area (Å²) in [4.78, 5) is 14.4. The molecule has 2 atom stereocenters. The van der Waals surface area contributed by atoms with Gasteiger partial charge in [0.25, 0.3) is 5.91 Å². The summed E-state index contributed by atoms with van der Waals surface area (Å²) in [6, 6.07) is 1.68. The molecule has 0 aromatic heterocycles. The molecule has 0 saturated carbocycles. The van der Waals surface area contributed by atoms with Crippen LogP contribution in [0.1, 0.15) is 26.2 Å². The first-order valence-corrected chi connectivity index (χ1v) is 4.68. The molecule has 0 radical (unpaired) electrons. The molecule has 84 valence electrons. The summed E-state index contributed by atoms with van der Waals surface area (Å²) in [5.74, 6) is 0.589. The molecule has 0 aromatic carbocycles. The summed E-state index contributed by atoms with van der Waals surface area (Å²) >= 11 is 0. The Kier molecular flexibility index (Phi) is 5.72. The predicted molar refractivity (Wildman–Crippen MR) is 51.0 cm³/mol. The molecule has 4 N–H and O–H groups in total. The standard InChI is InChI=1S/C9H14N4O.ClH/c1-6(4-5-10)12-9(14)7-2-3-8(11)13-7;/h6-7H,2-4H2,1H3,(H2,11,13)(H,12,14);1H. The Hall–Kier alpha value is -1.28. The lowest BCUT2D eigenvalue weighted by Gasteiger charge is -2.11. The summed E-state index contributed by atoms with van der Waals surface area (Å²) in [5, 5.41) is 11.2. The molecule has 0 saturated heterocycles. The van der Waals surface area contributed by atoms with Gasteiger partial charge in [0.05, 0.1) is 18.9 Å². The number of hydrogen-bond donors (Lipinski definition) is 3. The third-order valence-electron chi connectivity index (χ3n) is 2.16. The number of amides is 1. The van der Waals surface area contributed by atoms with Crippen LogP contribution >= 0.6 is 0 Å². The molecule has 2 unspecified atom stereocenters. The van der Waals surface area contributed by atoms with Crippen LogP contribution in [0.4, 0.5) is 0 Å². The fourth-order valence-electron chi connectivity index (χ4n) is 1.40. The topological polar surface area (TPSA) is 92.9 Å². The lowest BCUT2D eigenvalue weighted by Crippen LogP contribution is -3.00. The van der Waals surface area contributed by atoms with E-state index >= 15 is 0 Å². The average Bonchev–Trinajstić information content (AvgIpc) is 2.52. The lowest BCUT2D eigenvalue weighted by molar-refractivity contribution is -0.478. The number of carbonyl (C=O) groups excluding carboxylic acids is 1. The van der Waals surface area contributed by atoms with Crippen LogP contribution in [0.2, 0.25) is 0 Å². The Morgan fingerprint density at radius 1 is 1.87 bits per heavy atom. The Bertz CT molecular complexity index is 297. The van der Waals surface area contributed by atoms with Crippen LogP contribution in [0.5, 0.6) is 0 Å². The Balaban J connectivity index is 0.00000196. The molecule has 1 amide bonds. The minimum Gasteiger partial charge on any atom is -1.00 e. The van der Waals surface area contributed by atoms with E-state index in [-0.39, 0.29) is 30.4 Å². The van der Waals surface area contributed by atoms with Crippen LogP contribution in [-0.2, 0) is 4.79 Å². The van der Waals surface area contributed by atoms with Crippen LogP contribution < -0.4 is 28.4 Å². The van der Waals surface area contributed by atoms with Crippen molar-refractivity contribution >= 4 is 11.7 Å². The van der Waals surface area contributed by atoms with E-state index in [0.29, 0.717) is 12.3 Å². The SMILES string of the molecule is CC(CC#N)NC(=O)C1CCC(N)=[NH+]1.[Cl-]. The van der Waals surface area contributed by atoms with Crippen LogP contribution in [-0.4, -0.2) is 23.8 Å². The molecule has 0 fully saturated rings. The molecule has 0 aliphatic carbocycles. The minimum absolute atomic E-state index is 0. The number of amidine groups is 1. The predicted octanol–water partition coefficient (Wildman–Crippen LogP) is -4.99. The molecule has 1 heterocycles. The first-order valence-electron chi connectivity index (χ1n) is 4.68. The van der Waals surface area contributed by atoms with Crippen molar-refractivity contribution in [2.24, 2.45) is 5.73 Å². The zero-order chi connectivity index (χ0) is 10.6. The van der Waals surface area contributed by atoms with Gasteiger partial charge in [-0.2, -0.15) is 5.26 Å². The molecule has 0 bridgehead atoms. The van der Waals surface area contributed by atoms with Crippen molar-refractivity contribution in [3.8, 4) is 6.07 Å². The molecule has 5 nitrogen and oxygen atoms in total. The summed E-state index contributed by atoms with van der Waals surface area (Å²) < 4.78 is 0. The van der Waals surface area contributed by atoms with Gasteiger partial charge in [-0.3, -0.25) is 15.5 Å². The maximum atomic E-state index is 11.5. The Morgan fingerprint density at radius 3 is 3.00 bits per heavy atom. The van der Waals surface area contributed by atoms with Gasteiger partial charge in [0.1, 0.15) is 0 Å². The maximum absolute atomic E-state index is 11.5. The van der Waals surface area contributed by atoms with Gasteiger partial charge < -0.3 is 17.7 Å². The lowest BCUT2D eigenvalue weighted by atomic mass is 10.2. The van der Waals surface area contributed by atoms with E-state index in [1.807, 2.05) is 13.0 Å². The highest BCUT2D eigenvalue weighted by Crippen LogP contribution is 1.97. The number of nitrogens with one attached hydrogen (secondary N) is 2. The quantitative estimate of drug-likeness (QED) is 0.453. The fraction of sp³-hybridized carbons (Fsp3) is 0.667. The van der Waals surface area contributed by atoms with E-state index in [4.69, 9.17) is 11.0 Å². The third-order valence-corrected chi connectivity index (χ3v) is 2.16. The van der Waals surface area contributed by atoms with Crippen molar-refractivity contribution in [2.75, 3.05) is 0 Å². The van der Waals surface area contributed by atoms with Crippen molar-refractivity contribution in [3.05, 3.63) is 0 Å². The van der Waals surface area contributed by atoms with E-state index in [0.717, 1.165) is 12.8 Å². The molecule has 6 heteroatoms. The second-order valence-corrected chi connectivity index (χ2v) is 3.53. The van der Waals surface area contributed by atoms with Crippen LogP contribution in [0, 0.1) is 11.3 Å². The van der Waals surface area contributed by atoms with Gasteiger partial charge in [-0.25, -0.2) is 0 Å². The normalized spacial score (nSPS) is 20.8. The zero-order valence-electron chi connectivity index (χ0n) is 8.59. The van der Waals surface area contributed by atoms with Gasteiger partial charge in [-0.1, -0.05) is 0 Å². The van der Waals surface area contributed by atoms with Crippen molar-refractivity contribution in [3.63, 3.8) is 0 Å². The highest BCUT2D eigenvalue weighted by molar-refractivity contribution is 5.85. The average molecular weight is 231 g/mol. The van der Waals surface area contributed by atoms with Crippen LogP contribution in [0.25, 0.3) is 0 Å². The largest absolute Gasteiger partial charge is 1.00 e. The van der Waals surface area contributed by atoms with Crippen molar-refractivity contribution in [2.45, 2.75) is 38.3 Å². The van der Waals surface area contributed by atoms with Gasteiger partial charge in [0.15, 0.2) is 6.04 Å². The molecule has 0 aromatic rings. The van der Waals surface area contributed by atoms with Gasteiger partial charge >= 0.3 is 0 Å². The molecular weight excluding hydrogens is 216 g/mol. The van der Waals surface area contributed by atoms with Gasteiger partial charge in [0.2, 0.25) is 5.84 Å². The molecule has 1 aliphatic heterocycles. The zero-order valence-corrected chi connectivity index (χ0v) is 9.34. The van der Waals surface area contributed by atoms with Crippen LogP contribution in [0.15, 0.2) is 0 Å². The number of nitrogens with two attached hydrogens (primary N) is 1. The van der Waals surface area contributed by atoms with Gasteiger partial charge in [-0.05, 0) is 6.92 Å². The van der Waals surface area contributed by atoms with E-state index in [1.54, 1.807) is 0 Å². The molecule has 15 heavy (non-hydrogen) atoms. The number of hydrogen-bond acceptors (Lipinski definition) is 3. The number of nitriles is 1. The summed E-state index contributed by atoms with van der Waals surface area (Å²) in [6.07, 6.45) is 1.80. The monoisotopic (exact) mass is 230 g/mol. The van der Waals surface area contributed by atoms with E-state index in [1.165, 1.54) is 0 Å². The van der Waals surface area contributed by atoms with E-state index < -0.39 is 0 Å². The minimum atomic E-state index is -0.226. The Labute approximate surface area is 95.1 Å². The first kappa shape index (κ1) is 13.7. The molecule has 1 aliphatic rings. The summed E-state index contributed by atoms with van der Waals surface area (Å²) in [5.41, 5.74) is 5.53. The number of halogens is 1. The van der Waals surface area contributed by atoms with Gasteiger partial charge in [-0.15, -0.1) is 0 Å². The maximum Gasteiger partial charge on any atom is 0.265 e. The van der Waals surface area contributed by atoms with E-state index in [9.17, 15) is 4.79 Å². The summed E-state index contributed by atoms with van der Waals surface area (Å²) in [6.45, 7) is 1.81. The fourth-order valence-corrected chi connectivity index (χ4v) is 1.40. The highest BCUT2D eigenvalue weighted by Gasteiger charge is 2.27. The summed E-state index contributed by atoms with van der Waals surface area (Å²) in [7, 11) is 0. The number of carbonyl (C=O) groups is 1. The molecule has 1 rings (SSSR count).